The molecule has 5 atom stereocenters. The van der Waals surface area contributed by atoms with Crippen LogP contribution in [0.15, 0.2) is 11.3 Å². The predicted octanol–water partition coefficient (Wildman–Crippen LogP) is 1.77. The summed E-state index contributed by atoms with van der Waals surface area (Å²) in [7, 11) is 0. The minimum absolute atomic E-state index is 0.188. The molecule has 0 aromatic carbocycles. The van der Waals surface area contributed by atoms with Crippen LogP contribution in [0.4, 0.5) is 4.79 Å². The lowest BCUT2D eigenvalue weighted by molar-refractivity contribution is -0.195. The molecule has 0 saturated heterocycles. The van der Waals surface area contributed by atoms with E-state index in [4.69, 9.17) is 9.47 Å². The second kappa shape index (κ2) is 7.31. The molecular formula is C21H30N2O6. The molecule has 0 aromatic rings. The zero-order chi connectivity index (χ0) is 20.8. The number of amides is 2. The van der Waals surface area contributed by atoms with Crippen LogP contribution in [0.1, 0.15) is 58.8 Å². The molecule has 4 bridgehead atoms. The average Bonchev–Trinajstić information content (AvgIpc) is 2.63. The zero-order valence-electron chi connectivity index (χ0n) is 17.1. The van der Waals surface area contributed by atoms with Gasteiger partial charge in [0.1, 0.15) is 6.61 Å². The van der Waals surface area contributed by atoms with Crippen LogP contribution in [-0.2, 0) is 19.1 Å². The van der Waals surface area contributed by atoms with Gasteiger partial charge in [-0.15, -0.1) is 0 Å². The molecule has 0 radical (unpaired) electrons. The molecule has 2 amide bonds. The van der Waals surface area contributed by atoms with Crippen molar-refractivity contribution in [3.63, 3.8) is 0 Å². The van der Waals surface area contributed by atoms with Crippen LogP contribution in [0.2, 0.25) is 0 Å². The van der Waals surface area contributed by atoms with Crippen LogP contribution >= 0.6 is 0 Å². The van der Waals surface area contributed by atoms with E-state index in [-0.39, 0.29) is 24.9 Å². The summed E-state index contributed by atoms with van der Waals surface area (Å²) in [6.07, 6.45) is 5.09. The molecule has 2 unspecified atom stereocenters. The molecule has 0 spiro atoms. The highest BCUT2D eigenvalue weighted by Crippen LogP contribution is 2.62. The Kier molecular flexibility index (Phi) is 5.09. The summed E-state index contributed by atoms with van der Waals surface area (Å²) in [6.45, 7) is 3.59. The first-order valence-corrected chi connectivity index (χ1v) is 10.6. The normalized spacial score (nSPS) is 37.8. The topological polar surface area (TPSA) is 114 Å². The third-order valence-corrected chi connectivity index (χ3v) is 6.96. The van der Waals surface area contributed by atoms with E-state index in [0.717, 1.165) is 32.1 Å². The lowest BCUT2D eigenvalue weighted by Crippen LogP contribution is -2.58. The van der Waals surface area contributed by atoms with Gasteiger partial charge in [-0.05, 0) is 63.7 Å². The van der Waals surface area contributed by atoms with Crippen molar-refractivity contribution in [3.8, 4) is 0 Å². The van der Waals surface area contributed by atoms with E-state index in [2.05, 4.69) is 10.6 Å². The molecule has 4 saturated carbocycles. The SMILES string of the molecule is CCOC(=O)C1=C(COC(=O)C23C[C@@H]4C[C@@H](CC(O)(C4)C2)C3)NC(=O)N[C@H]1CC. The van der Waals surface area contributed by atoms with Crippen molar-refractivity contribution in [2.24, 2.45) is 17.3 Å². The van der Waals surface area contributed by atoms with Crippen molar-refractivity contribution in [1.82, 2.24) is 10.6 Å². The number of carbonyl (C=O) groups excluding carboxylic acids is 3. The molecule has 1 heterocycles. The lowest BCUT2D eigenvalue weighted by atomic mass is 9.48. The van der Waals surface area contributed by atoms with Crippen LogP contribution in [0.3, 0.4) is 0 Å². The van der Waals surface area contributed by atoms with Crippen LogP contribution in [-0.4, -0.2) is 47.9 Å². The highest BCUT2D eigenvalue weighted by molar-refractivity contribution is 5.95. The van der Waals surface area contributed by atoms with Crippen molar-refractivity contribution in [3.05, 3.63) is 11.3 Å². The Morgan fingerprint density at radius 1 is 1.14 bits per heavy atom. The molecule has 1 aliphatic heterocycles. The maximum absolute atomic E-state index is 13.1. The molecule has 5 rings (SSSR count). The van der Waals surface area contributed by atoms with E-state index < -0.39 is 29.1 Å². The molecule has 160 valence electrons. The first-order chi connectivity index (χ1) is 13.8. The van der Waals surface area contributed by atoms with E-state index in [0.29, 0.717) is 30.3 Å². The molecule has 8 nitrogen and oxygen atoms in total. The molecule has 8 heteroatoms. The second-order valence-electron chi connectivity index (χ2n) is 9.21. The number of aliphatic hydroxyl groups is 1. The first kappa shape index (κ1) is 20.2. The van der Waals surface area contributed by atoms with Gasteiger partial charge < -0.3 is 25.2 Å². The minimum Gasteiger partial charge on any atom is -0.463 e. The maximum Gasteiger partial charge on any atom is 0.338 e. The van der Waals surface area contributed by atoms with Crippen molar-refractivity contribution in [2.45, 2.75) is 70.4 Å². The van der Waals surface area contributed by atoms with E-state index in [9.17, 15) is 19.5 Å². The van der Waals surface area contributed by atoms with Crippen molar-refractivity contribution in [2.75, 3.05) is 13.2 Å². The molecular weight excluding hydrogens is 376 g/mol. The number of nitrogens with one attached hydrogen (secondary N) is 2. The van der Waals surface area contributed by atoms with Crippen LogP contribution < -0.4 is 10.6 Å². The monoisotopic (exact) mass is 406 g/mol. The Morgan fingerprint density at radius 2 is 1.83 bits per heavy atom. The first-order valence-electron chi connectivity index (χ1n) is 10.6. The number of ether oxygens (including phenoxy) is 2. The summed E-state index contributed by atoms with van der Waals surface area (Å²) in [5.74, 6) is -0.124. The number of urea groups is 1. The number of rotatable bonds is 6. The lowest BCUT2D eigenvalue weighted by Gasteiger charge is -2.58. The Labute approximate surface area is 170 Å². The predicted molar refractivity (Wildman–Crippen MR) is 102 cm³/mol. The van der Waals surface area contributed by atoms with E-state index in [1.54, 1.807) is 6.92 Å². The van der Waals surface area contributed by atoms with Crippen LogP contribution in [0.5, 0.6) is 0 Å². The summed E-state index contributed by atoms with van der Waals surface area (Å²) < 4.78 is 10.8. The summed E-state index contributed by atoms with van der Waals surface area (Å²) in [4.78, 5) is 37.6. The molecule has 5 aliphatic rings. The number of hydrogen-bond donors (Lipinski definition) is 3. The molecule has 3 N–H and O–H groups in total. The van der Waals surface area contributed by atoms with Gasteiger partial charge in [0.15, 0.2) is 0 Å². The fraction of sp³-hybridized carbons (Fsp3) is 0.762. The third kappa shape index (κ3) is 3.63. The number of esters is 2. The fourth-order valence-corrected chi connectivity index (χ4v) is 6.32. The molecule has 4 aliphatic carbocycles. The summed E-state index contributed by atoms with van der Waals surface area (Å²) in [5, 5.41) is 16.2. The largest absolute Gasteiger partial charge is 0.463 e. The van der Waals surface area contributed by atoms with Gasteiger partial charge in [-0.2, -0.15) is 0 Å². The molecule has 0 aromatic heterocycles. The Balaban J connectivity index is 1.52. The van der Waals surface area contributed by atoms with Gasteiger partial charge in [-0.25, -0.2) is 9.59 Å². The van der Waals surface area contributed by atoms with Crippen LogP contribution in [0, 0.1) is 17.3 Å². The Morgan fingerprint density at radius 3 is 2.41 bits per heavy atom. The van der Waals surface area contributed by atoms with E-state index >= 15 is 0 Å². The number of carbonyl (C=O) groups is 3. The Hall–Kier alpha value is -2.09. The van der Waals surface area contributed by atoms with Crippen LogP contribution in [0.25, 0.3) is 0 Å². The van der Waals surface area contributed by atoms with Gasteiger partial charge in [0.05, 0.1) is 34.9 Å². The van der Waals surface area contributed by atoms with Gasteiger partial charge in [0, 0.05) is 0 Å². The minimum atomic E-state index is -0.755. The van der Waals surface area contributed by atoms with Crippen molar-refractivity contribution in [1.29, 1.82) is 0 Å². The number of hydrogen-bond acceptors (Lipinski definition) is 6. The van der Waals surface area contributed by atoms with E-state index in [1.165, 1.54) is 0 Å². The quantitative estimate of drug-likeness (QED) is 0.579. The van der Waals surface area contributed by atoms with Gasteiger partial charge in [-0.3, -0.25) is 4.79 Å². The summed E-state index contributed by atoms with van der Waals surface area (Å²) >= 11 is 0. The van der Waals surface area contributed by atoms with Gasteiger partial charge >= 0.3 is 18.0 Å². The molecule has 29 heavy (non-hydrogen) atoms. The highest BCUT2D eigenvalue weighted by atomic mass is 16.5. The van der Waals surface area contributed by atoms with Crippen molar-refractivity contribution < 1.29 is 29.0 Å². The van der Waals surface area contributed by atoms with Gasteiger partial charge in [0.2, 0.25) is 0 Å². The molecule has 4 fully saturated rings. The summed E-state index contributed by atoms with van der Waals surface area (Å²) in [6, 6.07) is -0.920. The van der Waals surface area contributed by atoms with E-state index in [1.807, 2.05) is 6.92 Å². The summed E-state index contributed by atoms with van der Waals surface area (Å²) in [5.41, 5.74) is -0.832. The smallest absolute Gasteiger partial charge is 0.338 e. The highest BCUT2D eigenvalue weighted by Gasteiger charge is 2.61. The standard InChI is InChI=1S/C21H30N2O6/c1-3-14-16(17(24)28-4-2)15(23-19(26)22-14)10-29-18(25)20-6-12-5-13(7-20)9-21(27,8-12)11-20/h12-14,27H,3-11H2,1-2H3,(H2,22,23,26)/t12-,13+,14-,20?,21?/m0/s1. The van der Waals surface area contributed by atoms with Crippen molar-refractivity contribution >= 4 is 18.0 Å². The second-order valence-corrected chi connectivity index (χ2v) is 9.21. The average molecular weight is 406 g/mol. The Bertz CT molecular complexity index is 746. The van der Waals surface area contributed by atoms with Gasteiger partial charge in [0.25, 0.3) is 0 Å². The zero-order valence-corrected chi connectivity index (χ0v) is 17.1. The maximum atomic E-state index is 13.1. The van der Waals surface area contributed by atoms with Gasteiger partial charge in [-0.1, -0.05) is 6.92 Å². The third-order valence-electron chi connectivity index (χ3n) is 6.96. The fourth-order valence-electron chi connectivity index (χ4n) is 6.32.